The monoisotopic (exact) mass is 1140 g/mol. The second-order valence-corrected chi connectivity index (χ2v) is 23.4. The number of ether oxygens (including phenoxy) is 3. The van der Waals surface area contributed by atoms with Crippen molar-refractivity contribution in [3.63, 3.8) is 0 Å². The first-order chi connectivity index (χ1) is 40.5. The normalized spacial score (nSPS) is 12.7. The molecule has 0 fully saturated rings. The lowest BCUT2D eigenvalue weighted by molar-refractivity contribution is -0.167. The minimum absolute atomic E-state index is 0.0766. The smallest absolute Gasteiger partial charge is 0.306 e. The molecular formula is C76H132O6. The van der Waals surface area contributed by atoms with Crippen molar-refractivity contribution in [1.82, 2.24) is 0 Å². The second-order valence-electron chi connectivity index (χ2n) is 23.4. The lowest BCUT2D eigenvalue weighted by Crippen LogP contribution is -2.30. The summed E-state index contributed by atoms with van der Waals surface area (Å²) in [6.45, 7) is 6.52. The Balaban J connectivity index is 4.11. The van der Waals surface area contributed by atoms with Gasteiger partial charge in [0.25, 0.3) is 0 Å². The zero-order chi connectivity index (χ0) is 59.2. The summed E-state index contributed by atoms with van der Waals surface area (Å²) in [6, 6.07) is 0. The minimum Gasteiger partial charge on any atom is -0.462 e. The molecule has 0 N–H and O–H groups in total. The van der Waals surface area contributed by atoms with E-state index >= 15 is 0 Å². The number of esters is 3. The van der Waals surface area contributed by atoms with Crippen molar-refractivity contribution in [2.75, 3.05) is 13.2 Å². The molecule has 0 aromatic rings. The molecule has 6 heteroatoms. The van der Waals surface area contributed by atoms with Gasteiger partial charge in [-0.2, -0.15) is 0 Å². The van der Waals surface area contributed by atoms with Crippen LogP contribution in [0.2, 0.25) is 0 Å². The number of rotatable bonds is 64. The SMILES string of the molecule is CC/C=C\C/C=C\C/C=C\C/C=C\C/C=C\CCCCCCCCCCCC(=O)OC(COC(=O)CCCCCCCCCC)COC(=O)CCCCCCCCCCCCCCCCCC/C=C\C/C=C\C/C=C\CCCCCCC. The Hall–Kier alpha value is -3.67. The van der Waals surface area contributed by atoms with Gasteiger partial charge in [0.2, 0.25) is 0 Å². The average Bonchev–Trinajstić information content (AvgIpc) is 3.48. The van der Waals surface area contributed by atoms with Crippen molar-refractivity contribution in [2.24, 2.45) is 0 Å². The molecule has 1 atom stereocenters. The van der Waals surface area contributed by atoms with Gasteiger partial charge >= 0.3 is 17.9 Å². The van der Waals surface area contributed by atoms with Gasteiger partial charge in [-0.25, -0.2) is 0 Å². The van der Waals surface area contributed by atoms with Crippen LogP contribution >= 0.6 is 0 Å². The van der Waals surface area contributed by atoms with Gasteiger partial charge in [0, 0.05) is 19.3 Å². The summed E-state index contributed by atoms with van der Waals surface area (Å²) in [6.07, 6.45) is 94.5. The van der Waals surface area contributed by atoms with Crippen molar-refractivity contribution in [3.05, 3.63) is 97.2 Å². The molecule has 0 aromatic heterocycles. The zero-order valence-electron chi connectivity index (χ0n) is 54.2. The first kappa shape index (κ1) is 78.3. The molecule has 0 saturated carbocycles. The third-order valence-electron chi connectivity index (χ3n) is 15.3. The predicted molar refractivity (Wildman–Crippen MR) is 357 cm³/mol. The number of carbonyl (C=O) groups is 3. The summed E-state index contributed by atoms with van der Waals surface area (Å²) in [5.41, 5.74) is 0. The molecule has 0 aromatic carbocycles. The Labute approximate surface area is 508 Å². The third kappa shape index (κ3) is 67.1. The highest BCUT2D eigenvalue weighted by Crippen LogP contribution is 2.17. The van der Waals surface area contributed by atoms with Gasteiger partial charge in [0.1, 0.15) is 13.2 Å². The van der Waals surface area contributed by atoms with E-state index < -0.39 is 6.10 Å². The second kappa shape index (κ2) is 69.8. The molecule has 6 nitrogen and oxygen atoms in total. The lowest BCUT2D eigenvalue weighted by atomic mass is 10.0. The number of unbranched alkanes of at least 4 members (excludes halogenated alkanes) is 37. The third-order valence-corrected chi connectivity index (χ3v) is 15.3. The minimum atomic E-state index is -0.779. The van der Waals surface area contributed by atoms with Crippen LogP contribution in [-0.4, -0.2) is 37.2 Å². The fourth-order valence-corrected chi connectivity index (χ4v) is 10.1. The quantitative estimate of drug-likeness (QED) is 0.0261. The molecule has 82 heavy (non-hydrogen) atoms. The van der Waals surface area contributed by atoms with Crippen LogP contribution in [0.3, 0.4) is 0 Å². The number of carbonyl (C=O) groups excluding carboxylic acids is 3. The van der Waals surface area contributed by atoms with E-state index in [2.05, 4.69) is 118 Å². The van der Waals surface area contributed by atoms with Gasteiger partial charge < -0.3 is 14.2 Å². The Morgan fingerprint density at radius 3 is 0.744 bits per heavy atom. The van der Waals surface area contributed by atoms with E-state index in [0.29, 0.717) is 19.3 Å². The van der Waals surface area contributed by atoms with Crippen LogP contribution in [0.1, 0.15) is 348 Å². The molecule has 0 aliphatic rings. The standard InChI is InChI=1S/C76H132O6/c1-4-7-10-13-16-19-21-23-25-27-29-31-33-35-36-37-38-39-40-42-43-45-47-49-51-53-55-57-60-63-66-69-75(78)81-72-73(71-80-74(77)68-65-62-59-18-15-12-9-6-3)82-76(79)70-67-64-61-58-56-54-52-50-48-46-44-41-34-32-30-28-26-24-22-20-17-14-11-8-5-2/h8,11,17,20-21,23-24,26-27,29-30,32-33,35,41,44,73H,4-7,9-10,12-16,18-19,22,25,28,31,34,36-40,42-43,45-72H2,1-3H3/b11-8-,20-17-,23-21-,26-24-,29-27-,32-30-,35-33-,44-41-. The van der Waals surface area contributed by atoms with E-state index in [1.165, 1.54) is 199 Å². The number of hydrogen-bond donors (Lipinski definition) is 0. The molecule has 0 spiro atoms. The highest BCUT2D eigenvalue weighted by atomic mass is 16.6. The van der Waals surface area contributed by atoms with E-state index in [-0.39, 0.29) is 31.1 Å². The predicted octanol–water partition coefficient (Wildman–Crippen LogP) is 24.4. The molecule has 0 saturated heterocycles. The first-order valence-electron chi connectivity index (χ1n) is 35.2. The molecule has 0 aliphatic carbocycles. The lowest BCUT2D eigenvalue weighted by Gasteiger charge is -2.18. The number of allylic oxidation sites excluding steroid dienone is 16. The molecule has 0 heterocycles. The fraction of sp³-hybridized carbons (Fsp3) is 0.750. The van der Waals surface area contributed by atoms with Gasteiger partial charge in [0.05, 0.1) is 0 Å². The van der Waals surface area contributed by atoms with E-state index in [4.69, 9.17) is 14.2 Å². The number of hydrogen-bond acceptors (Lipinski definition) is 6. The first-order valence-corrected chi connectivity index (χ1v) is 35.2. The molecule has 0 radical (unpaired) electrons. The Morgan fingerprint density at radius 2 is 0.476 bits per heavy atom. The molecular weight excluding hydrogens is 1010 g/mol. The molecule has 1 unspecified atom stereocenters. The van der Waals surface area contributed by atoms with Crippen molar-refractivity contribution >= 4 is 17.9 Å². The topological polar surface area (TPSA) is 78.9 Å². The molecule has 0 aliphatic heterocycles. The van der Waals surface area contributed by atoms with Crippen LogP contribution in [0.25, 0.3) is 0 Å². The summed E-state index contributed by atoms with van der Waals surface area (Å²) in [5, 5.41) is 0. The van der Waals surface area contributed by atoms with Crippen LogP contribution in [0.5, 0.6) is 0 Å². The van der Waals surface area contributed by atoms with Crippen LogP contribution in [0, 0.1) is 0 Å². The maximum Gasteiger partial charge on any atom is 0.306 e. The van der Waals surface area contributed by atoms with Gasteiger partial charge in [0.15, 0.2) is 6.10 Å². The fourth-order valence-electron chi connectivity index (χ4n) is 10.1. The highest BCUT2D eigenvalue weighted by Gasteiger charge is 2.19. The van der Waals surface area contributed by atoms with Gasteiger partial charge in [-0.15, -0.1) is 0 Å². The Morgan fingerprint density at radius 1 is 0.256 bits per heavy atom. The average molecular weight is 1140 g/mol. The van der Waals surface area contributed by atoms with E-state index in [0.717, 1.165) is 109 Å². The molecule has 0 amide bonds. The van der Waals surface area contributed by atoms with Crippen LogP contribution < -0.4 is 0 Å². The maximum absolute atomic E-state index is 12.9. The summed E-state index contributed by atoms with van der Waals surface area (Å²) >= 11 is 0. The van der Waals surface area contributed by atoms with E-state index in [1.807, 2.05) is 0 Å². The summed E-state index contributed by atoms with van der Waals surface area (Å²) in [4.78, 5) is 38.2. The summed E-state index contributed by atoms with van der Waals surface area (Å²) in [5.74, 6) is -0.873. The molecule has 472 valence electrons. The van der Waals surface area contributed by atoms with Gasteiger partial charge in [-0.05, 0) is 103 Å². The molecule has 0 rings (SSSR count). The Bertz CT molecular complexity index is 1590. The van der Waals surface area contributed by atoms with Crippen LogP contribution in [0.15, 0.2) is 97.2 Å². The van der Waals surface area contributed by atoms with Gasteiger partial charge in [-0.1, -0.05) is 323 Å². The largest absolute Gasteiger partial charge is 0.462 e. The van der Waals surface area contributed by atoms with Crippen molar-refractivity contribution < 1.29 is 28.6 Å². The maximum atomic E-state index is 12.9. The molecule has 0 bridgehead atoms. The van der Waals surface area contributed by atoms with E-state index in [1.54, 1.807) is 0 Å². The summed E-state index contributed by atoms with van der Waals surface area (Å²) in [7, 11) is 0. The van der Waals surface area contributed by atoms with Gasteiger partial charge in [-0.3, -0.25) is 14.4 Å². The zero-order valence-corrected chi connectivity index (χ0v) is 54.2. The van der Waals surface area contributed by atoms with E-state index in [9.17, 15) is 14.4 Å². The Kier molecular flexibility index (Phi) is 66.7. The van der Waals surface area contributed by atoms with Crippen LogP contribution in [0.4, 0.5) is 0 Å². The highest BCUT2D eigenvalue weighted by molar-refractivity contribution is 5.71. The summed E-state index contributed by atoms with van der Waals surface area (Å²) < 4.78 is 16.9. The van der Waals surface area contributed by atoms with Crippen molar-refractivity contribution in [2.45, 2.75) is 354 Å². The van der Waals surface area contributed by atoms with Crippen molar-refractivity contribution in [1.29, 1.82) is 0 Å². The van der Waals surface area contributed by atoms with Crippen LogP contribution in [-0.2, 0) is 28.6 Å². The van der Waals surface area contributed by atoms with Crippen molar-refractivity contribution in [3.8, 4) is 0 Å².